The van der Waals surface area contributed by atoms with Crippen LogP contribution in [0.4, 0.5) is 5.69 Å². The van der Waals surface area contributed by atoms with Crippen LogP contribution in [0, 0.1) is 10.1 Å². The molecule has 1 aromatic rings. The SMILES string of the molecule is CCCC[C@@H](N)c1ccccc1[N+](=O)[O-].Cl. The molecule has 0 radical (unpaired) electrons. The van der Waals surface area contributed by atoms with Gasteiger partial charge in [-0.25, -0.2) is 0 Å². The molecule has 0 spiro atoms. The molecular formula is C11H17ClN2O2. The molecule has 0 amide bonds. The van der Waals surface area contributed by atoms with Gasteiger partial charge in [0.05, 0.1) is 4.92 Å². The fraction of sp³-hybridized carbons (Fsp3) is 0.455. The van der Waals surface area contributed by atoms with Gasteiger partial charge in [-0.1, -0.05) is 38.0 Å². The first-order valence-electron chi connectivity index (χ1n) is 5.15. The molecular weight excluding hydrogens is 228 g/mol. The fourth-order valence-corrected chi connectivity index (χ4v) is 1.55. The Labute approximate surface area is 101 Å². The van der Waals surface area contributed by atoms with Crippen molar-refractivity contribution in [3.63, 3.8) is 0 Å². The van der Waals surface area contributed by atoms with Crippen molar-refractivity contribution in [2.75, 3.05) is 0 Å². The van der Waals surface area contributed by atoms with Crippen LogP contribution in [0.1, 0.15) is 37.8 Å². The van der Waals surface area contributed by atoms with Crippen LogP contribution in [0.3, 0.4) is 0 Å². The Morgan fingerprint density at radius 1 is 1.44 bits per heavy atom. The first kappa shape index (κ1) is 14.9. The van der Waals surface area contributed by atoms with Gasteiger partial charge in [0.25, 0.3) is 5.69 Å². The number of nitro benzene ring substituents is 1. The number of benzene rings is 1. The summed E-state index contributed by atoms with van der Waals surface area (Å²) in [6, 6.07) is 6.45. The van der Waals surface area contributed by atoms with Crippen molar-refractivity contribution in [2.45, 2.75) is 32.2 Å². The van der Waals surface area contributed by atoms with Gasteiger partial charge < -0.3 is 5.73 Å². The summed E-state index contributed by atoms with van der Waals surface area (Å²) in [6.07, 6.45) is 2.84. The lowest BCUT2D eigenvalue weighted by Crippen LogP contribution is -2.12. The molecule has 2 N–H and O–H groups in total. The van der Waals surface area contributed by atoms with Gasteiger partial charge in [-0.2, -0.15) is 0 Å². The molecule has 0 aliphatic carbocycles. The number of nitrogens with zero attached hydrogens (tertiary/aromatic N) is 1. The Hall–Kier alpha value is -1.13. The molecule has 16 heavy (non-hydrogen) atoms. The summed E-state index contributed by atoms with van der Waals surface area (Å²) in [4.78, 5) is 10.4. The zero-order chi connectivity index (χ0) is 11.3. The highest BCUT2D eigenvalue weighted by Crippen LogP contribution is 2.26. The van der Waals surface area contributed by atoms with E-state index in [1.807, 2.05) is 0 Å². The van der Waals surface area contributed by atoms with Crippen LogP contribution >= 0.6 is 12.4 Å². The van der Waals surface area contributed by atoms with Gasteiger partial charge in [0.15, 0.2) is 0 Å². The smallest absolute Gasteiger partial charge is 0.274 e. The average molecular weight is 245 g/mol. The minimum atomic E-state index is -0.374. The van der Waals surface area contributed by atoms with E-state index in [0.29, 0.717) is 5.56 Å². The molecule has 4 nitrogen and oxygen atoms in total. The first-order chi connectivity index (χ1) is 7.16. The molecule has 90 valence electrons. The molecule has 5 heteroatoms. The van der Waals surface area contributed by atoms with E-state index in [1.54, 1.807) is 18.2 Å². The minimum Gasteiger partial charge on any atom is -0.324 e. The summed E-state index contributed by atoms with van der Waals surface area (Å²) in [5.74, 6) is 0. The van der Waals surface area contributed by atoms with Crippen LogP contribution in [-0.2, 0) is 0 Å². The van der Waals surface area contributed by atoms with Crippen LogP contribution in [0.5, 0.6) is 0 Å². The zero-order valence-corrected chi connectivity index (χ0v) is 10.1. The Bertz CT molecular complexity index is 345. The average Bonchev–Trinajstić information content (AvgIpc) is 2.25. The third-order valence-electron chi connectivity index (χ3n) is 2.40. The summed E-state index contributed by atoms with van der Waals surface area (Å²) in [5.41, 5.74) is 6.68. The van der Waals surface area contributed by atoms with E-state index in [4.69, 9.17) is 5.73 Å². The second kappa shape index (κ2) is 7.19. The minimum absolute atomic E-state index is 0. The number of hydrogen-bond acceptors (Lipinski definition) is 3. The molecule has 0 saturated heterocycles. The Kier molecular flexibility index (Phi) is 6.69. The topological polar surface area (TPSA) is 69.2 Å². The number of unbranched alkanes of at least 4 members (excludes halogenated alkanes) is 1. The van der Waals surface area contributed by atoms with Gasteiger partial charge in [0.2, 0.25) is 0 Å². The van der Waals surface area contributed by atoms with Gasteiger partial charge in [0.1, 0.15) is 0 Å². The largest absolute Gasteiger partial charge is 0.324 e. The molecule has 1 aromatic carbocycles. The number of halogens is 1. The predicted octanol–water partition coefficient (Wildman–Crippen LogP) is 3.21. The summed E-state index contributed by atoms with van der Waals surface area (Å²) in [6.45, 7) is 2.08. The molecule has 0 aromatic heterocycles. The quantitative estimate of drug-likeness (QED) is 0.639. The van der Waals surface area contributed by atoms with E-state index in [-0.39, 0.29) is 29.1 Å². The molecule has 0 heterocycles. The van der Waals surface area contributed by atoms with Crippen molar-refractivity contribution < 1.29 is 4.92 Å². The Balaban J connectivity index is 0.00000225. The first-order valence-corrected chi connectivity index (χ1v) is 5.15. The van der Waals surface area contributed by atoms with E-state index in [0.717, 1.165) is 19.3 Å². The maximum absolute atomic E-state index is 10.8. The molecule has 1 rings (SSSR count). The molecule has 0 bridgehead atoms. The number of nitro groups is 1. The molecule has 0 fully saturated rings. The van der Waals surface area contributed by atoms with Crippen LogP contribution in [-0.4, -0.2) is 4.92 Å². The molecule has 0 saturated carbocycles. The lowest BCUT2D eigenvalue weighted by Gasteiger charge is -2.11. The second-order valence-electron chi connectivity index (χ2n) is 3.56. The zero-order valence-electron chi connectivity index (χ0n) is 9.26. The lowest BCUT2D eigenvalue weighted by atomic mass is 10.0. The van der Waals surface area contributed by atoms with Gasteiger partial charge >= 0.3 is 0 Å². The van der Waals surface area contributed by atoms with Crippen molar-refractivity contribution >= 4 is 18.1 Å². The molecule has 0 aliphatic rings. The van der Waals surface area contributed by atoms with E-state index < -0.39 is 0 Å². The monoisotopic (exact) mass is 244 g/mol. The highest BCUT2D eigenvalue weighted by molar-refractivity contribution is 5.85. The van der Waals surface area contributed by atoms with Crippen molar-refractivity contribution in [1.29, 1.82) is 0 Å². The van der Waals surface area contributed by atoms with Crippen LogP contribution < -0.4 is 5.73 Å². The molecule has 1 atom stereocenters. The van der Waals surface area contributed by atoms with Gasteiger partial charge in [0, 0.05) is 17.7 Å². The summed E-state index contributed by atoms with van der Waals surface area (Å²) >= 11 is 0. The van der Waals surface area contributed by atoms with Gasteiger partial charge in [-0.3, -0.25) is 10.1 Å². The van der Waals surface area contributed by atoms with E-state index in [2.05, 4.69) is 6.92 Å². The summed E-state index contributed by atoms with van der Waals surface area (Å²) in [5, 5.41) is 10.8. The van der Waals surface area contributed by atoms with Crippen molar-refractivity contribution in [3.05, 3.63) is 39.9 Å². The van der Waals surface area contributed by atoms with Gasteiger partial charge in [-0.15, -0.1) is 12.4 Å². The van der Waals surface area contributed by atoms with Crippen LogP contribution in [0.15, 0.2) is 24.3 Å². The van der Waals surface area contributed by atoms with Crippen LogP contribution in [0.25, 0.3) is 0 Å². The lowest BCUT2D eigenvalue weighted by molar-refractivity contribution is -0.385. The maximum Gasteiger partial charge on any atom is 0.274 e. The van der Waals surface area contributed by atoms with Crippen molar-refractivity contribution in [3.8, 4) is 0 Å². The third kappa shape index (κ3) is 3.79. The number of nitrogens with two attached hydrogens (primary N) is 1. The highest BCUT2D eigenvalue weighted by atomic mass is 35.5. The maximum atomic E-state index is 10.8. The van der Waals surface area contributed by atoms with E-state index >= 15 is 0 Å². The number of hydrogen-bond donors (Lipinski definition) is 1. The standard InChI is InChI=1S/C11H16N2O2.ClH/c1-2-3-7-10(12)9-6-4-5-8-11(9)13(14)15;/h4-6,8,10H,2-3,7,12H2,1H3;1H/t10-;/m1./s1. The predicted molar refractivity (Wildman–Crippen MR) is 66.8 cm³/mol. The van der Waals surface area contributed by atoms with Gasteiger partial charge in [-0.05, 0) is 6.42 Å². The van der Waals surface area contributed by atoms with Crippen molar-refractivity contribution in [1.82, 2.24) is 0 Å². The Morgan fingerprint density at radius 2 is 2.06 bits per heavy atom. The fourth-order valence-electron chi connectivity index (χ4n) is 1.55. The van der Waals surface area contributed by atoms with E-state index in [9.17, 15) is 10.1 Å². The number of para-hydroxylation sites is 1. The van der Waals surface area contributed by atoms with Crippen LogP contribution in [0.2, 0.25) is 0 Å². The Morgan fingerprint density at radius 3 is 2.62 bits per heavy atom. The summed E-state index contributed by atoms with van der Waals surface area (Å²) in [7, 11) is 0. The van der Waals surface area contributed by atoms with E-state index in [1.165, 1.54) is 6.07 Å². The normalized spacial score (nSPS) is 11.6. The highest BCUT2D eigenvalue weighted by Gasteiger charge is 2.17. The molecule has 0 unspecified atom stereocenters. The molecule has 0 aliphatic heterocycles. The van der Waals surface area contributed by atoms with Crippen molar-refractivity contribution in [2.24, 2.45) is 5.73 Å². The number of rotatable bonds is 5. The second-order valence-corrected chi connectivity index (χ2v) is 3.56. The third-order valence-corrected chi connectivity index (χ3v) is 2.40. The summed E-state index contributed by atoms with van der Waals surface area (Å²) < 4.78 is 0.